The number of hydrogen-bond donors (Lipinski definition) is 2. The third kappa shape index (κ3) is 4.68. The summed E-state index contributed by atoms with van der Waals surface area (Å²) in [7, 11) is 0. The van der Waals surface area contributed by atoms with Gasteiger partial charge in [-0.05, 0) is 31.4 Å². The first-order valence-corrected chi connectivity index (χ1v) is 6.92. The van der Waals surface area contributed by atoms with Gasteiger partial charge in [-0.25, -0.2) is 4.79 Å². The number of amides is 1. The molecule has 1 atom stereocenters. The minimum atomic E-state index is -1.07. The average molecular weight is 290 g/mol. The van der Waals surface area contributed by atoms with Crippen LogP contribution >= 0.6 is 0 Å². The van der Waals surface area contributed by atoms with Gasteiger partial charge >= 0.3 is 5.97 Å². The number of nitrogens with one attached hydrogen (secondary N) is 1. The van der Waals surface area contributed by atoms with E-state index in [9.17, 15) is 9.59 Å². The second-order valence-electron chi connectivity index (χ2n) is 4.81. The summed E-state index contributed by atoms with van der Waals surface area (Å²) < 4.78 is 5.55. The van der Waals surface area contributed by atoms with Gasteiger partial charge in [0.05, 0.1) is 6.10 Å². The monoisotopic (exact) mass is 290 g/mol. The van der Waals surface area contributed by atoms with Crippen molar-refractivity contribution in [2.75, 3.05) is 13.2 Å². The normalized spacial score (nSPS) is 18.6. The largest absolute Gasteiger partial charge is 0.478 e. The minimum absolute atomic E-state index is 0.0458. The third-order valence-electron chi connectivity index (χ3n) is 3.22. The smallest absolute Gasteiger partial charge is 0.328 e. The summed E-state index contributed by atoms with van der Waals surface area (Å²) in [5.41, 5.74) is 0.688. The molecule has 1 aliphatic heterocycles. The number of carbonyl (C=O) groups is 2. The lowest BCUT2D eigenvalue weighted by molar-refractivity contribution is -0.131. The van der Waals surface area contributed by atoms with Gasteiger partial charge in [0.2, 0.25) is 0 Å². The molecule has 6 heteroatoms. The summed E-state index contributed by atoms with van der Waals surface area (Å²) in [6.45, 7) is 1.17. The molecule has 2 rings (SSSR count). The second-order valence-corrected chi connectivity index (χ2v) is 4.81. The van der Waals surface area contributed by atoms with Crippen LogP contribution in [0, 0.1) is 0 Å². The van der Waals surface area contributed by atoms with Crippen LogP contribution in [0.25, 0.3) is 6.08 Å². The first-order valence-electron chi connectivity index (χ1n) is 6.92. The van der Waals surface area contributed by atoms with Crippen LogP contribution in [0.1, 0.15) is 35.3 Å². The highest BCUT2D eigenvalue weighted by Crippen LogP contribution is 2.12. The Balaban J connectivity index is 1.99. The lowest BCUT2D eigenvalue weighted by Crippen LogP contribution is -2.36. The number of hydrogen-bond acceptors (Lipinski definition) is 4. The maximum absolute atomic E-state index is 12.1. The molecule has 112 valence electrons. The fourth-order valence-electron chi connectivity index (χ4n) is 2.16. The molecular weight excluding hydrogens is 272 g/mol. The Hall–Kier alpha value is -2.21. The van der Waals surface area contributed by atoms with Crippen LogP contribution in [0.3, 0.4) is 0 Å². The molecule has 1 unspecified atom stereocenters. The van der Waals surface area contributed by atoms with Crippen LogP contribution < -0.4 is 5.32 Å². The first kappa shape index (κ1) is 15.2. The highest BCUT2D eigenvalue weighted by molar-refractivity contribution is 5.97. The zero-order chi connectivity index (χ0) is 15.1. The van der Waals surface area contributed by atoms with Crippen molar-refractivity contribution < 1.29 is 19.4 Å². The van der Waals surface area contributed by atoms with Crippen molar-refractivity contribution in [3.05, 3.63) is 35.7 Å². The Labute approximate surface area is 122 Å². The Kier molecular flexibility index (Phi) is 5.45. The number of carboxylic acids is 1. The summed E-state index contributed by atoms with van der Waals surface area (Å²) in [6.07, 6.45) is 7.01. The van der Waals surface area contributed by atoms with Crippen LogP contribution in [-0.2, 0) is 9.53 Å². The van der Waals surface area contributed by atoms with Gasteiger partial charge in [0.25, 0.3) is 5.91 Å². The van der Waals surface area contributed by atoms with E-state index in [-0.39, 0.29) is 17.7 Å². The summed E-state index contributed by atoms with van der Waals surface area (Å²) in [6, 6.07) is 3.31. The quantitative estimate of drug-likeness (QED) is 0.802. The molecule has 1 saturated heterocycles. The fraction of sp³-hybridized carbons (Fsp3) is 0.400. The number of carboxylic acid groups (broad SMARTS) is 1. The molecule has 1 fully saturated rings. The zero-order valence-corrected chi connectivity index (χ0v) is 11.6. The van der Waals surface area contributed by atoms with E-state index in [1.54, 1.807) is 12.1 Å². The predicted molar refractivity (Wildman–Crippen MR) is 76.8 cm³/mol. The summed E-state index contributed by atoms with van der Waals surface area (Å²) in [4.78, 5) is 26.7. The molecule has 21 heavy (non-hydrogen) atoms. The second kappa shape index (κ2) is 7.54. The minimum Gasteiger partial charge on any atom is -0.478 e. The number of aliphatic carboxylic acids is 1. The molecule has 1 aromatic rings. The molecule has 0 spiro atoms. The highest BCUT2D eigenvalue weighted by Gasteiger charge is 2.17. The number of pyridine rings is 1. The van der Waals surface area contributed by atoms with E-state index in [1.165, 1.54) is 12.3 Å². The van der Waals surface area contributed by atoms with Gasteiger partial charge in [0.1, 0.15) is 5.69 Å². The lowest BCUT2D eigenvalue weighted by Gasteiger charge is -2.22. The van der Waals surface area contributed by atoms with Crippen molar-refractivity contribution in [2.24, 2.45) is 0 Å². The van der Waals surface area contributed by atoms with Gasteiger partial charge in [-0.3, -0.25) is 9.78 Å². The molecular formula is C15H18N2O4. The number of rotatable bonds is 5. The van der Waals surface area contributed by atoms with Crippen LogP contribution in [0.15, 0.2) is 24.4 Å². The van der Waals surface area contributed by atoms with Crippen molar-refractivity contribution in [3.63, 3.8) is 0 Å². The maximum Gasteiger partial charge on any atom is 0.328 e. The molecule has 0 aliphatic carbocycles. The molecule has 0 saturated carbocycles. The Morgan fingerprint density at radius 2 is 2.33 bits per heavy atom. The maximum atomic E-state index is 12.1. The SMILES string of the molecule is O=C(O)/C=C/c1cccnc1C(=O)NCC1CCCCO1. The first-order chi connectivity index (χ1) is 10.2. The Bertz CT molecular complexity index is 536. The van der Waals surface area contributed by atoms with E-state index in [0.29, 0.717) is 12.1 Å². The van der Waals surface area contributed by atoms with Gasteiger partial charge < -0.3 is 15.2 Å². The Morgan fingerprint density at radius 1 is 1.48 bits per heavy atom. The topological polar surface area (TPSA) is 88.5 Å². The lowest BCUT2D eigenvalue weighted by atomic mass is 10.1. The van der Waals surface area contributed by atoms with E-state index >= 15 is 0 Å². The van der Waals surface area contributed by atoms with Crippen LogP contribution in [-0.4, -0.2) is 41.2 Å². The molecule has 2 N–H and O–H groups in total. The van der Waals surface area contributed by atoms with Crippen molar-refractivity contribution in [3.8, 4) is 0 Å². The molecule has 1 aromatic heterocycles. The average Bonchev–Trinajstić information content (AvgIpc) is 2.52. The van der Waals surface area contributed by atoms with Gasteiger partial charge in [-0.15, -0.1) is 0 Å². The van der Waals surface area contributed by atoms with E-state index in [2.05, 4.69) is 10.3 Å². The molecule has 0 aromatic carbocycles. The van der Waals surface area contributed by atoms with E-state index in [4.69, 9.17) is 9.84 Å². The van der Waals surface area contributed by atoms with Gasteiger partial charge in [0, 0.05) is 31.0 Å². The number of aromatic nitrogens is 1. The highest BCUT2D eigenvalue weighted by atomic mass is 16.5. The number of nitrogens with zero attached hydrogens (tertiary/aromatic N) is 1. The van der Waals surface area contributed by atoms with Gasteiger partial charge in [-0.1, -0.05) is 6.07 Å². The standard InChI is InChI=1S/C15H18N2O4/c18-13(19)7-6-11-4-3-8-16-14(11)15(20)17-10-12-5-1-2-9-21-12/h3-4,6-8,12H,1-2,5,9-10H2,(H,17,20)(H,18,19)/b7-6+. The zero-order valence-electron chi connectivity index (χ0n) is 11.6. The fourth-order valence-corrected chi connectivity index (χ4v) is 2.16. The van der Waals surface area contributed by atoms with Crippen molar-refractivity contribution in [1.29, 1.82) is 0 Å². The summed E-state index contributed by atoms with van der Waals surface area (Å²) in [5, 5.41) is 11.4. The third-order valence-corrected chi connectivity index (χ3v) is 3.22. The Morgan fingerprint density at radius 3 is 3.05 bits per heavy atom. The van der Waals surface area contributed by atoms with Crippen molar-refractivity contribution in [1.82, 2.24) is 10.3 Å². The van der Waals surface area contributed by atoms with E-state index in [0.717, 1.165) is 31.9 Å². The molecule has 1 amide bonds. The molecule has 1 aliphatic rings. The predicted octanol–water partition coefficient (Wildman–Crippen LogP) is 1.48. The molecule has 6 nitrogen and oxygen atoms in total. The van der Waals surface area contributed by atoms with Crippen LogP contribution in [0.5, 0.6) is 0 Å². The van der Waals surface area contributed by atoms with Crippen molar-refractivity contribution >= 4 is 18.0 Å². The van der Waals surface area contributed by atoms with E-state index in [1.807, 2.05) is 0 Å². The van der Waals surface area contributed by atoms with Gasteiger partial charge in [0.15, 0.2) is 0 Å². The summed E-state index contributed by atoms with van der Waals surface area (Å²) >= 11 is 0. The number of ether oxygens (including phenoxy) is 1. The molecule has 0 bridgehead atoms. The molecule has 0 radical (unpaired) electrons. The summed E-state index contributed by atoms with van der Waals surface area (Å²) in [5.74, 6) is -1.39. The number of carbonyl (C=O) groups excluding carboxylic acids is 1. The van der Waals surface area contributed by atoms with Crippen molar-refractivity contribution in [2.45, 2.75) is 25.4 Å². The van der Waals surface area contributed by atoms with E-state index < -0.39 is 5.97 Å². The molecule has 2 heterocycles. The van der Waals surface area contributed by atoms with Crippen LogP contribution in [0.2, 0.25) is 0 Å². The van der Waals surface area contributed by atoms with Gasteiger partial charge in [-0.2, -0.15) is 0 Å². The van der Waals surface area contributed by atoms with Crippen LogP contribution in [0.4, 0.5) is 0 Å².